The summed E-state index contributed by atoms with van der Waals surface area (Å²) in [5.74, 6) is 0.764. The number of alkyl carbamates (subject to hydrolysis) is 1. The third-order valence-electron chi connectivity index (χ3n) is 3.93. The van der Waals surface area contributed by atoms with Gasteiger partial charge in [0.25, 0.3) is 0 Å². The number of ether oxygens (including phenoxy) is 1. The van der Waals surface area contributed by atoms with Crippen LogP contribution in [0.4, 0.5) is 4.79 Å². The van der Waals surface area contributed by atoms with Crippen molar-refractivity contribution in [3.8, 4) is 0 Å². The Hall–Kier alpha value is -1.72. The molecule has 1 N–H and O–H groups in total. The van der Waals surface area contributed by atoms with Crippen LogP contribution >= 0.6 is 11.6 Å². The summed E-state index contributed by atoms with van der Waals surface area (Å²) in [6.07, 6.45) is 0.458. The molecular weight excluding hydrogens is 304 g/mol. The molecule has 2 heterocycles. The minimum atomic E-state index is -0.435. The summed E-state index contributed by atoms with van der Waals surface area (Å²) >= 11 is 6.36. The van der Waals surface area contributed by atoms with Crippen LogP contribution in [-0.4, -0.2) is 31.2 Å². The number of nitrogens with one attached hydrogen (secondary N) is 1. The lowest BCUT2D eigenvalue weighted by Crippen LogP contribution is -2.24. The van der Waals surface area contributed by atoms with Crippen molar-refractivity contribution in [2.45, 2.75) is 26.4 Å². The summed E-state index contributed by atoms with van der Waals surface area (Å²) < 4.78 is 10.8. The molecule has 22 heavy (non-hydrogen) atoms. The molecule has 1 aliphatic rings. The second-order valence-electron chi connectivity index (χ2n) is 5.46. The van der Waals surface area contributed by atoms with Gasteiger partial charge in [-0.15, -0.1) is 0 Å². The van der Waals surface area contributed by atoms with Crippen molar-refractivity contribution in [3.63, 3.8) is 0 Å². The largest absolute Gasteiger partial charge is 0.459 e. The van der Waals surface area contributed by atoms with E-state index >= 15 is 0 Å². The van der Waals surface area contributed by atoms with Crippen molar-refractivity contribution in [3.05, 3.63) is 34.0 Å². The molecule has 0 saturated carbocycles. The van der Waals surface area contributed by atoms with Gasteiger partial charge >= 0.3 is 6.09 Å². The van der Waals surface area contributed by atoms with Crippen molar-refractivity contribution in [2.75, 3.05) is 20.2 Å². The van der Waals surface area contributed by atoms with E-state index in [2.05, 4.69) is 17.3 Å². The average Bonchev–Trinajstić information content (AvgIpc) is 2.71. The van der Waals surface area contributed by atoms with Crippen molar-refractivity contribution in [1.29, 1.82) is 0 Å². The molecule has 0 radical (unpaired) electrons. The number of rotatable bonds is 3. The molecule has 3 rings (SSSR count). The number of halogens is 1. The molecule has 0 saturated heterocycles. The van der Waals surface area contributed by atoms with Gasteiger partial charge < -0.3 is 19.4 Å². The Morgan fingerprint density at radius 2 is 2.27 bits per heavy atom. The van der Waals surface area contributed by atoms with E-state index in [1.807, 2.05) is 12.1 Å². The van der Waals surface area contributed by atoms with Gasteiger partial charge in [-0.05, 0) is 38.1 Å². The molecule has 0 bridgehead atoms. The number of amides is 1. The molecule has 0 aliphatic carbocycles. The molecule has 0 unspecified atom stereocenters. The van der Waals surface area contributed by atoms with Crippen molar-refractivity contribution < 1.29 is 13.9 Å². The number of benzene rings is 1. The summed E-state index contributed by atoms with van der Waals surface area (Å²) in [5, 5.41) is 4.59. The van der Waals surface area contributed by atoms with Gasteiger partial charge in [-0.3, -0.25) is 0 Å². The van der Waals surface area contributed by atoms with E-state index in [9.17, 15) is 4.79 Å². The van der Waals surface area contributed by atoms with Crippen molar-refractivity contribution in [1.82, 2.24) is 10.2 Å². The normalized spacial score (nSPS) is 14.9. The first-order chi connectivity index (χ1) is 10.6. The standard InChI is InChI=1S/C16H19ClN2O3/c1-3-21-16(20)18-8-14-11-9-19(2)7-6-10-12(17)4-5-13(22-14)15(10)11/h4-5H,3,6-9H2,1-2H3,(H,18,20). The Balaban J connectivity index is 1.99. The molecule has 1 aromatic carbocycles. The zero-order valence-electron chi connectivity index (χ0n) is 12.7. The first-order valence-corrected chi connectivity index (χ1v) is 7.78. The molecule has 0 atom stereocenters. The van der Waals surface area contributed by atoms with Gasteiger partial charge in [0.1, 0.15) is 11.3 Å². The van der Waals surface area contributed by atoms with E-state index < -0.39 is 6.09 Å². The number of hydrogen-bond acceptors (Lipinski definition) is 4. The van der Waals surface area contributed by atoms with Gasteiger partial charge in [0.2, 0.25) is 0 Å². The van der Waals surface area contributed by atoms with E-state index in [-0.39, 0.29) is 0 Å². The van der Waals surface area contributed by atoms with E-state index in [1.54, 1.807) is 6.92 Å². The summed E-state index contributed by atoms with van der Waals surface area (Å²) in [6.45, 7) is 4.16. The SMILES string of the molecule is CCOC(=O)NCc1oc2ccc(Cl)c3c2c1CN(C)CC3. The number of likely N-dealkylation sites (N-methyl/N-ethyl adjacent to an activating group) is 1. The van der Waals surface area contributed by atoms with Crippen LogP contribution in [0.3, 0.4) is 0 Å². The minimum absolute atomic E-state index is 0.313. The van der Waals surface area contributed by atoms with E-state index in [0.717, 1.165) is 52.4 Å². The predicted molar refractivity (Wildman–Crippen MR) is 85.1 cm³/mol. The molecular formula is C16H19ClN2O3. The number of carbonyl (C=O) groups excluding carboxylic acids is 1. The Morgan fingerprint density at radius 1 is 1.45 bits per heavy atom. The molecule has 2 aromatic rings. The second kappa shape index (κ2) is 6.18. The highest BCUT2D eigenvalue weighted by Gasteiger charge is 2.23. The highest BCUT2D eigenvalue weighted by Crippen LogP contribution is 2.36. The van der Waals surface area contributed by atoms with Crippen LogP contribution in [0.5, 0.6) is 0 Å². The maximum Gasteiger partial charge on any atom is 0.407 e. The average molecular weight is 323 g/mol. The molecule has 118 valence electrons. The Kier molecular flexibility index (Phi) is 4.27. The molecule has 5 nitrogen and oxygen atoms in total. The smallest absolute Gasteiger partial charge is 0.407 e. The topological polar surface area (TPSA) is 54.7 Å². The Bertz CT molecular complexity index is 711. The molecule has 0 fully saturated rings. The van der Waals surface area contributed by atoms with Crippen LogP contribution in [0.1, 0.15) is 23.8 Å². The molecule has 1 aliphatic heterocycles. The van der Waals surface area contributed by atoms with Gasteiger partial charge in [-0.1, -0.05) is 11.6 Å². The molecule has 0 spiro atoms. The summed E-state index contributed by atoms with van der Waals surface area (Å²) in [6, 6.07) is 3.77. The highest BCUT2D eigenvalue weighted by atomic mass is 35.5. The lowest BCUT2D eigenvalue weighted by molar-refractivity contribution is 0.151. The maximum absolute atomic E-state index is 11.5. The van der Waals surface area contributed by atoms with Crippen LogP contribution < -0.4 is 5.32 Å². The third-order valence-corrected chi connectivity index (χ3v) is 4.28. The fraction of sp³-hybridized carbons (Fsp3) is 0.438. The van der Waals surface area contributed by atoms with Crippen LogP contribution in [0, 0.1) is 0 Å². The first-order valence-electron chi connectivity index (χ1n) is 7.41. The fourth-order valence-corrected chi connectivity index (χ4v) is 3.14. The fourth-order valence-electron chi connectivity index (χ4n) is 2.89. The first kappa shape index (κ1) is 15.2. The predicted octanol–water partition coefficient (Wildman–Crippen LogP) is 3.32. The molecule has 1 amide bonds. The zero-order valence-corrected chi connectivity index (χ0v) is 13.5. The van der Waals surface area contributed by atoms with Gasteiger partial charge in [-0.25, -0.2) is 4.79 Å². The monoisotopic (exact) mass is 322 g/mol. The van der Waals surface area contributed by atoms with Gasteiger partial charge in [0.05, 0.1) is 13.2 Å². The van der Waals surface area contributed by atoms with Crippen LogP contribution in [0.2, 0.25) is 5.02 Å². The van der Waals surface area contributed by atoms with Gasteiger partial charge in [0.15, 0.2) is 0 Å². The van der Waals surface area contributed by atoms with Crippen LogP contribution in [0.25, 0.3) is 11.0 Å². The molecule has 1 aromatic heterocycles. The quantitative estimate of drug-likeness (QED) is 0.942. The summed E-state index contributed by atoms with van der Waals surface area (Å²) in [4.78, 5) is 13.7. The van der Waals surface area contributed by atoms with Crippen molar-refractivity contribution >= 4 is 28.7 Å². The Morgan fingerprint density at radius 3 is 3.05 bits per heavy atom. The lowest BCUT2D eigenvalue weighted by Gasteiger charge is -2.13. The Labute approximate surface area is 134 Å². The van der Waals surface area contributed by atoms with E-state index in [4.69, 9.17) is 20.8 Å². The summed E-state index contributed by atoms with van der Waals surface area (Å²) in [7, 11) is 2.07. The maximum atomic E-state index is 11.5. The third kappa shape index (κ3) is 2.78. The molecule has 6 heteroatoms. The highest BCUT2D eigenvalue weighted by molar-refractivity contribution is 6.32. The number of carbonyl (C=O) groups is 1. The van der Waals surface area contributed by atoms with Gasteiger partial charge in [-0.2, -0.15) is 0 Å². The lowest BCUT2D eigenvalue weighted by atomic mass is 10.0. The number of nitrogens with zero attached hydrogens (tertiary/aromatic N) is 1. The van der Waals surface area contributed by atoms with Crippen LogP contribution in [-0.2, 0) is 24.2 Å². The number of hydrogen-bond donors (Lipinski definition) is 1. The van der Waals surface area contributed by atoms with E-state index in [0.29, 0.717) is 13.2 Å². The van der Waals surface area contributed by atoms with E-state index in [1.165, 1.54) is 0 Å². The second-order valence-corrected chi connectivity index (χ2v) is 5.87. The number of furan rings is 1. The zero-order chi connectivity index (χ0) is 15.7. The van der Waals surface area contributed by atoms with Gasteiger partial charge in [0, 0.05) is 29.1 Å². The van der Waals surface area contributed by atoms with Crippen LogP contribution in [0.15, 0.2) is 16.5 Å². The minimum Gasteiger partial charge on any atom is -0.459 e. The summed E-state index contributed by atoms with van der Waals surface area (Å²) in [5.41, 5.74) is 3.05. The van der Waals surface area contributed by atoms with Crippen molar-refractivity contribution in [2.24, 2.45) is 0 Å².